The first kappa shape index (κ1) is 19.6. The first-order chi connectivity index (χ1) is 12.0. The SMILES string of the molecule is COC(=O)C(c1ccccc1Cl)N1CCC(S)=C(CC(=C=O)OC)C1. The molecule has 0 aliphatic carbocycles. The van der Waals surface area contributed by atoms with Crippen molar-refractivity contribution in [3.05, 3.63) is 51.1 Å². The zero-order valence-corrected chi connectivity index (χ0v) is 15.8. The van der Waals surface area contributed by atoms with Gasteiger partial charge in [-0.3, -0.25) is 4.90 Å². The highest BCUT2D eigenvalue weighted by molar-refractivity contribution is 7.84. The van der Waals surface area contributed by atoms with Crippen LogP contribution in [0.1, 0.15) is 24.4 Å². The fourth-order valence-electron chi connectivity index (χ4n) is 2.85. The van der Waals surface area contributed by atoms with Crippen LogP contribution in [0.5, 0.6) is 0 Å². The quantitative estimate of drug-likeness (QED) is 0.355. The minimum absolute atomic E-state index is 0.204. The number of thiol groups is 1. The van der Waals surface area contributed by atoms with E-state index in [0.29, 0.717) is 36.5 Å². The van der Waals surface area contributed by atoms with E-state index in [-0.39, 0.29) is 11.7 Å². The number of allylic oxidation sites excluding steroid dienone is 1. The summed E-state index contributed by atoms with van der Waals surface area (Å²) >= 11 is 10.8. The van der Waals surface area contributed by atoms with Crippen molar-refractivity contribution in [3.63, 3.8) is 0 Å². The van der Waals surface area contributed by atoms with E-state index in [1.165, 1.54) is 14.2 Å². The zero-order valence-electron chi connectivity index (χ0n) is 14.1. The topological polar surface area (TPSA) is 55.8 Å². The molecule has 5 nitrogen and oxygen atoms in total. The van der Waals surface area contributed by atoms with Crippen molar-refractivity contribution in [1.29, 1.82) is 0 Å². The Balaban J connectivity index is 2.32. The first-order valence-electron chi connectivity index (χ1n) is 7.76. The molecule has 1 aromatic carbocycles. The van der Waals surface area contributed by atoms with Gasteiger partial charge < -0.3 is 9.47 Å². The van der Waals surface area contributed by atoms with E-state index in [4.69, 9.17) is 21.1 Å². The summed E-state index contributed by atoms with van der Waals surface area (Å²) in [4.78, 5) is 26.2. The number of rotatable bonds is 6. The van der Waals surface area contributed by atoms with Gasteiger partial charge in [0, 0.05) is 24.5 Å². The number of nitrogens with zero attached hydrogens (tertiary/aromatic N) is 1. The van der Waals surface area contributed by atoms with Gasteiger partial charge in [-0.05, 0) is 28.5 Å². The predicted molar refractivity (Wildman–Crippen MR) is 99.2 cm³/mol. The number of benzene rings is 1. The van der Waals surface area contributed by atoms with Crippen molar-refractivity contribution in [1.82, 2.24) is 4.90 Å². The predicted octanol–water partition coefficient (Wildman–Crippen LogP) is 3.20. The second kappa shape index (κ2) is 9.11. The Morgan fingerprint density at radius 3 is 2.68 bits per heavy atom. The molecule has 0 radical (unpaired) electrons. The van der Waals surface area contributed by atoms with Crippen molar-refractivity contribution in [2.75, 3.05) is 27.3 Å². The van der Waals surface area contributed by atoms with Crippen LogP contribution in [0, 0.1) is 0 Å². The minimum Gasteiger partial charge on any atom is -0.489 e. The zero-order chi connectivity index (χ0) is 18.4. The molecule has 0 saturated heterocycles. The van der Waals surface area contributed by atoms with Crippen LogP contribution >= 0.6 is 24.2 Å². The first-order valence-corrected chi connectivity index (χ1v) is 8.58. The summed E-state index contributed by atoms with van der Waals surface area (Å²) in [5.41, 5.74) is 1.60. The third kappa shape index (κ3) is 4.67. The van der Waals surface area contributed by atoms with Gasteiger partial charge >= 0.3 is 5.97 Å². The highest BCUT2D eigenvalue weighted by Gasteiger charge is 2.33. The van der Waals surface area contributed by atoms with E-state index in [1.54, 1.807) is 12.0 Å². The Hall–Kier alpha value is -1.72. The molecule has 0 amide bonds. The Bertz CT molecular complexity index is 728. The number of carbonyl (C=O) groups is 1. The second-order valence-corrected chi connectivity index (χ2v) is 6.57. The van der Waals surface area contributed by atoms with Gasteiger partial charge in [0.05, 0.1) is 14.2 Å². The number of carbonyl (C=O) groups excluding carboxylic acids is 2. The Labute approximate surface area is 157 Å². The third-order valence-electron chi connectivity index (χ3n) is 4.16. The summed E-state index contributed by atoms with van der Waals surface area (Å²) in [5, 5.41) is 0.505. The number of hydrogen-bond donors (Lipinski definition) is 1. The van der Waals surface area contributed by atoms with Crippen molar-refractivity contribution in [3.8, 4) is 0 Å². The largest absolute Gasteiger partial charge is 0.489 e. The second-order valence-electron chi connectivity index (χ2n) is 5.62. The van der Waals surface area contributed by atoms with E-state index in [2.05, 4.69) is 12.6 Å². The summed E-state index contributed by atoms with van der Waals surface area (Å²) in [6.07, 6.45) is 0.970. The van der Waals surface area contributed by atoms with Gasteiger partial charge in [-0.2, -0.15) is 0 Å². The smallest absolute Gasteiger partial charge is 0.327 e. The molecule has 0 fully saturated rings. The lowest BCUT2D eigenvalue weighted by Crippen LogP contribution is -2.39. The molecule has 1 atom stereocenters. The maximum atomic E-state index is 12.4. The molecule has 2 rings (SSSR count). The molecule has 1 aliphatic rings. The van der Waals surface area contributed by atoms with Gasteiger partial charge in [-0.1, -0.05) is 29.8 Å². The lowest BCUT2D eigenvalue weighted by atomic mass is 9.99. The highest BCUT2D eigenvalue weighted by atomic mass is 35.5. The number of methoxy groups -OCH3 is 2. The summed E-state index contributed by atoms with van der Waals surface area (Å²) < 4.78 is 10.0. The molecule has 0 N–H and O–H groups in total. The average Bonchev–Trinajstić information content (AvgIpc) is 2.63. The molecule has 0 saturated carbocycles. The highest BCUT2D eigenvalue weighted by Crippen LogP contribution is 2.34. The minimum atomic E-state index is -0.624. The van der Waals surface area contributed by atoms with Crippen LogP contribution in [0.25, 0.3) is 0 Å². The van der Waals surface area contributed by atoms with Crippen LogP contribution in [-0.4, -0.2) is 44.1 Å². The van der Waals surface area contributed by atoms with Crippen molar-refractivity contribution in [2.45, 2.75) is 18.9 Å². The molecule has 0 aromatic heterocycles. The Morgan fingerprint density at radius 2 is 2.08 bits per heavy atom. The van der Waals surface area contributed by atoms with Gasteiger partial charge in [0.2, 0.25) is 0 Å². The van der Waals surface area contributed by atoms with Crippen LogP contribution in [0.2, 0.25) is 5.02 Å². The van der Waals surface area contributed by atoms with Gasteiger partial charge in [-0.15, -0.1) is 12.6 Å². The van der Waals surface area contributed by atoms with Crippen LogP contribution in [-0.2, 0) is 19.1 Å². The summed E-state index contributed by atoms with van der Waals surface area (Å²) in [7, 11) is 2.79. The van der Waals surface area contributed by atoms with E-state index in [0.717, 1.165) is 10.5 Å². The fourth-order valence-corrected chi connectivity index (χ4v) is 3.33. The van der Waals surface area contributed by atoms with E-state index < -0.39 is 6.04 Å². The lowest BCUT2D eigenvalue weighted by Gasteiger charge is -2.35. The van der Waals surface area contributed by atoms with Crippen molar-refractivity contribution < 1.29 is 19.1 Å². The molecule has 25 heavy (non-hydrogen) atoms. The Kier molecular flexibility index (Phi) is 7.14. The fraction of sp³-hybridized carbons (Fsp3) is 0.389. The molecule has 0 bridgehead atoms. The molecule has 1 unspecified atom stereocenters. The monoisotopic (exact) mass is 381 g/mol. The van der Waals surface area contributed by atoms with Crippen LogP contribution < -0.4 is 0 Å². The molecular weight excluding hydrogens is 362 g/mol. The van der Waals surface area contributed by atoms with Crippen LogP contribution in [0.15, 0.2) is 40.5 Å². The summed E-state index contributed by atoms with van der Waals surface area (Å²) in [6, 6.07) is 6.58. The van der Waals surface area contributed by atoms with Gasteiger partial charge in [0.15, 0.2) is 11.7 Å². The van der Waals surface area contributed by atoms with Crippen LogP contribution in [0.3, 0.4) is 0 Å². The number of ether oxygens (including phenoxy) is 2. The number of hydrogen-bond acceptors (Lipinski definition) is 6. The van der Waals surface area contributed by atoms with Gasteiger partial charge in [-0.25, -0.2) is 9.59 Å². The van der Waals surface area contributed by atoms with Gasteiger partial charge in [0.1, 0.15) is 6.04 Å². The molecule has 0 spiro atoms. The molecule has 1 heterocycles. The lowest BCUT2D eigenvalue weighted by molar-refractivity contribution is -0.147. The molecule has 134 valence electrons. The van der Waals surface area contributed by atoms with Crippen molar-refractivity contribution >= 4 is 36.1 Å². The van der Waals surface area contributed by atoms with E-state index >= 15 is 0 Å². The third-order valence-corrected chi connectivity index (χ3v) is 5.05. The van der Waals surface area contributed by atoms with Crippen LogP contribution in [0.4, 0.5) is 0 Å². The van der Waals surface area contributed by atoms with Crippen molar-refractivity contribution in [2.24, 2.45) is 0 Å². The van der Waals surface area contributed by atoms with Gasteiger partial charge in [0.25, 0.3) is 0 Å². The number of esters is 1. The van der Waals surface area contributed by atoms with E-state index in [9.17, 15) is 9.59 Å². The molecular formula is C18H20ClNO4S. The number of halogens is 1. The Morgan fingerprint density at radius 1 is 1.36 bits per heavy atom. The molecule has 7 heteroatoms. The maximum Gasteiger partial charge on any atom is 0.327 e. The molecule has 1 aromatic rings. The van der Waals surface area contributed by atoms with E-state index in [1.807, 2.05) is 23.1 Å². The normalized spacial score (nSPS) is 16.2. The summed E-state index contributed by atoms with van der Waals surface area (Å²) in [5.74, 6) is 1.61. The summed E-state index contributed by atoms with van der Waals surface area (Å²) in [6.45, 7) is 1.08. The maximum absolute atomic E-state index is 12.4. The molecule has 1 aliphatic heterocycles. The standard InChI is InChI=1S/C18H20ClNO4S/c1-23-13(11-21)9-12-10-20(8-7-16(12)25)17(18(22)24-2)14-5-3-4-6-15(14)19/h3-6,17,25H,7-10H2,1-2H3. The average molecular weight is 382 g/mol.